The molecule has 0 aromatic heterocycles. The molecule has 27 heavy (non-hydrogen) atoms. The van der Waals surface area contributed by atoms with Crippen molar-refractivity contribution < 1.29 is 13.2 Å². The van der Waals surface area contributed by atoms with Gasteiger partial charge in [0.1, 0.15) is 0 Å². The molecule has 2 N–H and O–H groups in total. The molecule has 6 nitrogen and oxygen atoms in total. The standard InChI is InChI=1S/C20H33N3O3S/c1-3-21-20(22-14-15-26-18-8-6-4-5-7-9-18)23-16-17-10-12-19(13-11-17)27(2,24)25/h10-13,18H,3-9,14-16H2,1-2H3,(H2,21,22,23). The van der Waals surface area contributed by atoms with Crippen LogP contribution in [0.25, 0.3) is 0 Å². The van der Waals surface area contributed by atoms with Gasteiger partial charge in [-0.15, -0.1) is 0 Å². The first-order valence-electron chi connectivity index (χ1n) is 9.92. The predicted molar refractivity (Wildman–Crippen MR) is 110 cm³/mol. The number of ether oxygens (including phenoxy) is 1. The number of nitrogens with one attached hydrogen (secondary N) is 2. The van der Waals surface area contributed by atoms with Gasteiger partial charge in [0.05, 0.1) is 24.2 Å². The fraction of sp³-hybridized carbons (Fsp3) is 0.650. The van der Waals surface area contributed by atoms with Crippen LogP contribution in [0.3, 0.4) is 0 Å². The largest absolute Gasteiger partial charge is 0.376 e. The lowest BCUT2D eigenvalue weighted by atomic mass is 10.1. The van der Waals surface area contributed by atoms with E-state index in [2.05, 4.69) is 15.6 Å². The van der Waals surface area contributed by atoms with Crippen LogP contribution < -0.4 is 10.6 Å². The first-order chi connectivity index (χ1) is 13.0. The van der Waals surface area contributed by atoms with Gasteiger partial charge in [0.2, 0.25) is 0 Å². The summed E-state index contributed by atoms with van der Waals surface area (Å²) in [5.41, 5.74) is 0.967. The molecule has 1 aliphatic carbocycles. The second-order valence-electron chi connectivity index (χ2n) is 7.02. The number of guanidine groups is 1. The maximum Gasteiger partial charge on any atom is 0.191 e. The number of rotatable bonds is 8. The average molecular weight is 396 g/mol. The third-order valence-corrected chi connectivity index (χ3v) is 5.79. The molecule has 152 valence electrons. The quantitative estimate of drug-likeness (QED) is 0.306. The van der Waals surface area contributed by atoms with Crippen LogP contribution in [0.5, 0.6) is 0 Å². The lowest BCUT2D eigenvalue weighted by Gasteiger charge is -2.16. The first kappa shape index (κ1) is 21.7. The number of aliphatic imine (C=N–C) groups is 1. The van der Waals surface area contributed by atoms with Crippen LogP contribution in [0.1, 0.15) is 51.0 Å². The van der Waals surface area contributed by atoms with E-state index in [1.54, 1.807) is 24.3 Å². The fourth-order valence-electron chi connectivity index (χ4n) is 3.16. The van der Waals surface area contributed by atoms with Gasteiger partial charge in [-0.1, -0.05) is 37.8 Å². The summed E-state index contributed by atoms with van der Waals surface area (Å²) in [7, 11) is -3.16. The molecule has 0 amide bonds. The molecule has 0 unspecified atom stereocenters. The molecule has 2 rings (SSSR count). The van der Waals surface area contributed by atoms with E-state index in [0.717, 1.165) is 24.6 Å². The van der Waals surface area contributed by atoms with Crippen molar-refractivity contribution in [2.75, 3.05) is 26.0 Å². The smallest absolute Gasteiger partial charge is 0.191 e. The normalized spacial score (nSPS) is 16.7. The Kier molecular flexibility index (Phi) is 9.07. The topological polar surface area (TPSA) is 79.8 Å². The van der Waals surface area contributed by atoms with Crippen molar-refractivity contribution in [2.45, 2.75) is 63.0 Å². The van der Waals surface area contributed by atoms with Crippen molar-refractivity contribution in [3.63, 3.8) is 0 Å². The van der Waals surface area contributed by atoms with Crippen molar-refractivity contribution >= 4 is 15.8 Å². The molecule has 7 heteroatoms. The van der Waals surface area contributed by atoms with E-state index in [9.17, 15) is 8.42 Å². The van der Waals surface area contributed by atoms with Crippen molar-refractivity contribution in [1.82, 2.24) is 10.6 Å². The summed E-state index contributed by atoms with van der Waals surface area (Å²) < 4.78 is 29.0. The minimum Gasteiger partial charge on any atom is -0.376 e. The van der Waals surface area contributed by atoms with Crippen LogP contribution >= 0.6 is 0 Å². The molecule has 0 bridgehead atoms. The highest BCUT2D eigenvalue weighted by molar-refractivity contribution is 7.90. The van der Waals surface area contributed by atoms with E-state index in [1.807, 2.05) is 6.92 Å². The zero-order chi connectivity index (χ0) is 19.5. The summed E-state index contributed by atoms with van der Waals surface area (Å²) in [5.74, 6) is 0.745. The number of nitrogens with zero attached hydrogens (tertiary/aromatic N) is 1. The van der Waals surface area contributed by atoms with E-state index in [1.165, 1.54) is 44.8 Å². The molecular weight excluding hydrogens is 362 g/mol. The Morgan fingerprint density at radius 3 is 2.37 bits per heavy atom. The summed E-state index contributed by atoms with van der Waals surface area (Å²) in [4.78, 5) is 4.89. The molecule has 1 aromatic rings. The van der Waals surface area contributed by atoms with Crippen LogP contribution in [0.4, 0.5) is 0 Å². The number of sulfone groups is 1. The zero-order valence-corrected chi connectivity index (χ0v) is 17.4. The Labute approximate surface area is 163 Å². The van der Waals surface area contributed by atoms with Gasteiger partial charge in [-0.3, -0.25) is 0 Å². The van der Waals surface area contributed by atoms with Gasteiger partial charge in [-0.2, -0.15) is 0 Å². The Hall–Kier alpha value is -1.60. The van der Waals surface area contributed by atoms with Crippen LogP contribution in [0.2, 0.25) is 0 Å². The molecule has 0 radical (unpaired) electrons. The highest BCUT2D eigenvalue weighted by Crippen LogP contribution is 2.19. The van der Waals surface area contributed by atoms with Gasteiger partial charge in [0, 0.05) is 19.3 Å². The van der Waals surface area contributed by atoms with Crippen molar-refractivity contribution in [1.29, 1.82) is 0 Å². The molecule has 0 atom stereocenters. The van der Waals surface area contributed by atoms with Crippen LogP contribution in [-0.4, -0.2) is 46.4 Å². The summed E-state index contributed by atoms with van der Waals surface area (Å²) in [6.07, 6.45) is 9.20. The number of benzene rings is 1. The number of hydrogen-bond donors (Lipinski definition) is 2. The van der Waals surface area contributed by atoms with Crippen LogP contribution in [-0.2, 0) is 21.1 Å². The lowest BCUT2D eigenvalue weighted by molar-refractivity contribution is 0.0468. The minimum absolute atomic E-state index is 0.330. The SMILES string of the molecule is CCNC(=NCc1ccc(S(C)(=O)=O)cc1)NCCOC1CCCCCC1. The maximum absolute atomic E-state index is 11.5. The molecule has 0 heterocycles. The highest BCUT2D eigenvalue weighted by atomic mass is 32.2. The van der Waals surface area contributed by atoms with E-state index in [0.29, 0.717) is 24.2 Å². The van der Waals surface area contributed by atoms with E-state index >= 15 is 0 Å². The second kappa shape index (κ2) is 11.3. The fourth-order valence-corrected chi connectivity index (χ4v) is 3.79. The molecule has 0 aliphatic heterocycles. The van der Waals surface area contributed by atoms with Crippen molar-refractivity contribution in [3.8, 4) is 0 Å². The van der Waals surface area contributed by atoms with E-state index in [-0.39, 0.29) is 0 Å². The molecular formula is C20H33N3O3S. The third kappa shape index (κ3) is 8.30. The van der Waals surface area contributed by atoms with Gasteiger partial charge < -0.3 is 15.4 Å². The second-order valence-corrected chi connectivity index (χ2v) is 9.04. The first-order valence-corrected chi connectivity index (χ1v) is 11.8. The van der Waals surface area contributed by atoms with Crippen molar-refractivity contribution in [2.24, 2.45) is 4.99 Å². The Bertz CT molecular complexity index is 679. The van der Waals surface area contributed by atoms with Gasteiger partial charge >= 0.3 is 0 Å². The maximum atomic E-state index is 11.5. The van der Waals surface area contributed by atoms with Crippen LogP contribution in [0.15, 0.2) is 34.2 Å². The Balaban J connectivity index is 1.79. The van der Waals surface area contributed by atoms with Gasteiger partial charge in [-0.05, 0) is 37.5 Å². The zero-order valence-electron chi connectivity index (χ0n) is 16.5. The molecule has 0 spiro atoms. The Morgan fingerprint density at radius 2 is 1.78 bits per heavy atom. The van der Waals surface area contributed by atoms with Gasteiger partial charge in [0.25, 0.3) is 0 Å². The number of hydrogen-bond acceptors (Lipinski definition) is 4. The summed E-state index contributed by atoms with van der Waals surface area (Å²) in [6.45, 7) is 4.69. The van der Waals surface area contributed by atoms with E-state index in [4.69, 9.17) is 4.74 Å². The summed E-state index contributed by atoms with van der Waals surface area (Å²) in [6, 6.07) is 6.86. The lowest BCUT2D eigenvalue weighted by Crippen LogP contribution is -2.39. The predicted octanol–water partition coefficient (Wildman–Crippen LogP) is 2.88. The molecule has 1 aromatic carbocycles. The van der Waals surface area contributed by atoms with Gasteiger partial charge in [-0.25, -0.2) is 13.4 Å². The van der Waals surface area contributed by atoms with E-state index < -0.39 is 9.84 Å². The highest BCUT2D eigenvalue weighted by Gasteiger charge is 2.12. The summed E-state index contributed by atoms with van der Waals surface area (Å²) >= 11 is 0. The summed E-state index contributed by atoms with van der Waals surface area (Å²) in [5, 5.41) is 6.52. The van der Waals surface area contributed by atoms with Crippen molar-refractivity contribution in [3.05, 3.63) is 29.8 Å². The molecule has 1 saturated carbocycles. The minimum atomic E-state index is -3.16. The molecule has 1 aliphatic rings. The molecule has 0 saturated heterocycles. The van der Waals surface area contributed by atoms with Crippen LogP contribution in [0, 0.1) is 0 Å². The molecule has 1 fully saturated rings. The third-order valence-electron chi connectivity index (χ3n) is 4.67. The van der Waals surface area contributed by atoms with Gasteiger partial charge in [0.15, 0.2) is 15.8 Å². The monoisotopic (exact) mass is 395 g/mol. The Morgan fingerprint density at radius 1 is 1.11 bits per heavy atom. The average Bonchev–Trinajstić information content (AvgIpc) is 2.91.